The van der Waals surface area contributed by atoms with Gasteiger partial charge in [0, 0.05) is 44.2 Å². The van der Waals surface area contributed by atoms with Crippen molar-refractivity contribution in [3.05, 3.63) is 92.4 Å². The third kappa shape index (κ3) is 8.88. The van der Waals surface area contributed by atoms with Crippen molar-refractivity contribution in [1.82, 2.24) is 9.47 Å². The number of carbonyl (C=O) groups is 2. The minimum Gasteiger partial charge on any atom is -0.481 e. The summed E-state index contributed by atoms with van der Waals surface area (Å²) in [5.41, 5.74) is 3.49. The Morgan fingerprint density at radius 2 is 1.62 bits per heavy atom. The van der Waals surface area contributed by atoms with Gasteiger partial charge in [-0.05, 0) is 103 Å². The first-order chi connectivity index (χ1) is 20.7. The molecule has 1 fully saturated rings. The SMILES string of the molecule is Cc1cc(-c2c(C)cc(F)cc2C)cc([C@H](CC(=O)O)CC(=O)C(CC(C)C)n2cc(CCN3CC(F)C3)ccc2=O)c1F.S. The minimum absolute atomic E-state index is 0. The molecule has 0 saturated carbocycles. The van der Waals surface area contributed by atoms with Crippen LogP contribution in [0.3, 0.4) is 0 Å². The molecular formula is C35H43F3N2O4S. The fraction of sp³-hybridized carbons (Fsp3) is 0.457. The predicted molar refractivity (Wildman–Crippen MR) is 175 cm³/mol. The number of aryl methyl sites for hydroxylation is 3. The topological polar surface area (TPSA) is 79.6 Å². The van der Waals surface area contributed by atoms with Crippen LogP contribution in [0, 0.1) is 38.3 Å². The molecule has 2 aromatic carbocycles. The Bertz CT molecular complexity index is 1580. The first kappa shape index (κ1) is 36.1. The van der Waals surface area contributed by atoms with Crippen molar-refractivity contribution in [3.63, 3.8) is 0 Å². The van der Waals surface area contributed by atoms with Crippen molar-refractivity contribution >= 4 is 25.2 Å². The Hall–Kier alpha value is -3.37. The highest BCUT2D eigenvalue weighted by molar-refractivity contribution is 7.59. The number of rotatable bonds is 13. The molecule has 2 atom stereocenters. The molecule has 0 spiro atoms. The van der Waals surface area contributed by atoms with Crippen LogP contribution in [0.25, 0.3) is 11.1 Å². The first-order valence-electron chi connectivity index (χ1n) is 15.1. The standard InChI is InChI=1S/C35H41F3N2O4.H2S/c1-20(2)10-30(40-17-24(6-7-32(40)42)8-9-39-18-28(37)19-39)31(41)15-25(16-33(43)44)29-14-26(11-23(5)35(29)38)34-21(3)12-27(36)13-22(34)4;/h6-7,11-14,17,20,25,28,30H,8-10,15-16,18-19H2,1-5H3,(H,43,44);1H2/t25-,30?;/m0./s1. The van der Waals surface area contributed by atoms with Gasteiger partial charge in [0.05, 0.1) is 12.5 Å². The van der Waals surface area contributed by atoms with E-state index in [0.29, 0.717) is 49.2 Å². The second-order valence-electron chi connectivity index (χ2n) is 12.6. The Balaban J connectivity index is 0.00000552. The van der Waals surface area contributed by atoms with Gasteiger partial charge in [-0.1, -0.05) is 19.9 Å². The van der Waals surface area contributed by atoms with Gasteiger partial charge in [-0.15, -0.1) is 0 Å². The predicted octanol–water partition coefficient (Wildman–Crippen LogP) is 6.83. The lowest BCUT2D eigenvalue weighted by atomic mass is 9.84. The third-order valence-electron chi connectivity index (χ3n) is 8.41. The summed E-state index contributed by atoms with van der Waals surface area (Å²) in [6, 6.07) is 8.25. The summed E-state index contributed by atoms with van der Waals surface area (Å²) in [7, 11) is 0. The van der Waals surface area contributed by atoms with Gasteiger partial charge in [-0.25, -0.2) is 13.2 Å². The molecular weight excluding hydrogens is 601 g/mol. The Morgan fingerprint density at radius 1 is 0.978 bits per heavy atom. The summed E-state index contributed by atoms with van der Waals surface area (Å²) >= 11 is 0. The molecule has 3 aromatic rings. The molecule has 1 N–H and O–H groups in total. The normalized spacial score (nSPS) is 15.0. The average molecular weight is 645 g/mol. The van der Waals surface area contributed by atoms with Crippen LogP contribution in [-0.4, -0.2) is 52.1 Å². The quantitative estimate of drug-likeness (QED) is 0.221. The number of likely N-dealkylation sites (tertiary alicyclic amines) is 1. The van der Waals surface area contributed by atoms with E-state index in [-0.39, 0.29) is 54.1 Å². The molecule has 0 bridgehead atoms. The molecule has 0 aliphatic carbocycles. The molecule has 1 saturated heterocycles. The van der Waals surface area contributed by atoms with Crippen LogP contribution in [0.15, 0.2) is 47.4 Å². The van der Waals surface area contributed by atoms with Gasteiger partial charge in [0.25, 0.3) is 5.56 Å². The summed E-state index contributed by atoms with van der Waals surface area (Å²) in [5, 5.41) is 9.79. The number of ketones is 1. The fourth-order valence-corrected chi connectivity index (χ4v) is 6.25. The third-order valence-corrected chi connectivity index (χ3v) is 8.41. The maximum atomic E-state index is 15.7. The van der Waals surface area contributed by atoms with Gasteiger partial charge < -0.3 is 9.67 Å². The van der Waals surface area contributed by atoms with Crippen LogP contribution < -0.4 is 5.56 Å². The second-order valence-corrected chi connectivity index (χ2v) is 12.6. The molecule has 45 heavy (non-hydrogen) atoms. The zero-order valence-electron chi connectivity index (χ0n) is 26.5. The van der Waals surface area contributed by atoms with Crippen molar-refractivity contribution in [2.75, 3.05) is 19.6 Å². The largest absolute Gasteiger partial charge is 0.481 e. The van der Waals surface area contributed by atoms with Crippen LogP contribution in [0.5, 0.6) is 0 Å². The molecule has 0 radical (unpaired) electrons. The Morgan fingerprint density at radius 3 is 2.20 bits per heavy atom. The van der Waals surface area contributed by atoms with Gasteiger partial charge in [-0.3, -0.25) is 19.3 Å². The highest BCUT2D eigenvalue weighted by atomic mass is 32.1. The molecule has 244 valence electrons. The number of aliphatic carboxylic acids is 1. The molecule has 1 unspecified atom stereocenters. The number of benzene rings is 2. The maximum absolute atomic E-state index is 15.7. The number of Topliss-reactive ketones (excluding diaryl/α,β-unsaturated/α-hetero) is 1. The minimum atomic E-state index is -1.18. The van der Waals surface area contributed by atoms with E-state index in [1.165, 1.54) is 22.8 Å². The van der Waals surface area contributed by atoms with E-state index in [4.69, 9.17) is 0 Å². The average Bonchev–Trinajstić information content (AvgIpc) is 2.90. The second kappa shape index (κ2) is 15.3. The van der Waals surface area contributed by atoms with Crippen molar-refractivity contribution in [2.45, 2.75) is 78.4 Å². The lowest BCUT2D eigenvalue weighted by molar-refractivity contribution is -0.137. The van der Waals surface area contributed by atoms with E-state index in [2.05, 4.69) is 0 Å². The number of carboxylic acids is 1. The van der Waals surface area contributed by atoms with Crippen LogP contribution in [-0.2, 0) is 16.0 Å². The molecule has 1 aliphatic rings. The lowest BCUT2D eigenvalue weighted by Crippen LogP contribution is -2.48. The number of aromatic nitrogens is 1. The molecule has 0 amide bonds. The number of halogens is 3. The smallest absolute Gasteiger partial charge is 0.303 e. The zero-order chi connectivity index (χ0) is 32.3. The van der Waals surface area contributed by atoms with Crippen LogP contribution in [0.4, 0.5) is 13.2 Å². The van der Waals surface area contributed by atoms with Gasteiger partial charge in [0.15, 0.2) is 5.78 Å². The van der Waals surface area contributed by atoms with E-state index >= 15 is 4.39 Å². The van der Waals surface area contributed by atoms with Gasteiger partial charge >= 0.3 is 5.97 Å². The zero-order valence-corrected chi connectivity index (χ0v) is 27.5. The van der Waals surface area contributed by atoms with Gasteiger partial charge in [0.2, 0.25) is 0 Å². The number of carboxylic acid groups (broad SMARTS) is 1. The van der Waals surface area contributed by atoms with Crippen molar-refractivity contribution < 1.29 is 27.9 Å². The first-order valence-corrected chi connectivity index (χ1v) is 15.1. The number of nitrogens with zero attached hydrogens (tertiary/aromatic N) is 2. The molecule has 1 aliphatic heterocycles. The van der Waals surface area contributed by atoms with Crippen molar-refractivity contribution in [2.24, 2.45) is 5.92 Å². The van der Waals surface area contributed by atoms with Crippen LogP contribution >= 0.6 is 13.5 Å². The highest BCUT2D eigenvalue weighted by Crippen LogP contribution is 2.36. The van der Waals surface area contributed by atoms with E-state index in [1.807, 2.05) is 18.7 Å². The lowest BCUT2D eigenvalue weighted by Gasteiger charge is -2.34. The highest BCUT2D eigenvalue weighted by Gasteiger charge is 2.30. The number of pyridine rings is 1. The molecule has 6 nitrogen and oxygen atoms in total. The molecule has 1 aromatic heterocycles. The number of hydrogen-bond acceptors (Lipinski definition) is 4. The fourth-order valence-electron chi connectivity index (χ4n) is 6.25. The number of carbonyl (C=O) groups excluding carboxylic acids is 1. The monoisotopic (exact) mass is 644 g/mol. The summed E-state index contributed by atoms with van der Waals surface area (Å²) in [5.74, 6) is -3.47. The summed E-state index contributed by atoms with van der Waals surface area (Å²) in [4.78, 5) is 41.0. The van der Waals surface area contributed by atoms with Gasteiger partial charge in [-0.2, -0.15) is 13.5 Å². The van der Waals surface area contributed by atoms with E-state index in [9.17, 15) is 28.3 Å². The van der Waals surface area contributed by atoms with Crippen molar-refractivity contribution in [1.29, 1.82) is 0 Å². The van der Waals surface area contributed by atoms with Gasteiger partial charge in [0.1, 0.15) is 17.8 Å². The number of alkyl halides is 1. The molecule has 4 rings (SSSR count). The van der Waals surface area contributed by atoms with Crippen LogP contribution in [0.2, 0.25) is 0 Å². The van der Waals surface area contributed by atoms with E-state index < -0.39 is 36.3 Å². The summed E-state index contributed by atoms with van der Waals surface area (Å²) in [6.45, 7) is 10.4. The summed E-state index contributed by atoms with van der Waals surface area (Å²) < 4.78 is 44.4. The van der Waals surface area contributed by atoms with Crippen LogP contribution in [0.1, 0.15) is 72.9 Å². The molecule has 10 heteroatoms. The van der Waals surface area contributed by atoms with E-state index in [1.54, 1.807) is 45.2 Å². The Kier molecular flexibility index (Phi) is 12.3. The Labute approximate surface area is 269 Å². The molecule has 2 heterocycles. The summed E-state index contributed by atoms with van der Waals surface area (Å²) in [6.07, 6.45) is 1.00. The number of hydrogen-bond donors (Lipinski definition) is 1. The van der Waals surface area contributed by atoms with E-state index in [0.717, 1.165) is 11.1 Å². The van der Waals surface area contributed by atoms with Crippen molar-refractivity contribution in [3.8, 4) is 11.1 Å². The maximum Gasteiger partial charge on any atom is 0.303 e.